The fourth-order valence-electron chi connectivity index (χ4n) is 5.12. The first kappa shape index (κ1) is 23.5. The van der Waals surface area contributed by atoms with Crippen LogP contribution in [-0.4, -0.2) is 60.8 Å². The van der Waals surface area contributed by atoms with Crippen LogP contribution >= 0.6 is 23.2 Å². The van der Waals surface area contributed by atoms with Gasteiger partial charge in [-0.25, -0.2) is 0 Å². The second kappa shape index (κ2) is 9.79. The van der Waals surface area contributed by atoms with Crippen molar-refractivity contribution in [3.8, 4) is 0 Å². The van der Waals surface area contributed by atoms with E-state index >= 15 is 0 Å². The standard InChI is InChI=1S/C24H30Cl2N6O2/c1-15(19-6-4-16(25)11-20(19)26)32-23-12-17(5-7-21(23)28-29-32)30-9-10-31(18(13-30)14-33)24(34)22-3-2-8-27-22/h4-7,11-12,15,18,22,27-29,33H,2-3,8-10,13-14H2,1H3/t15-,18+,22-/m1/s1. The molecule has 3 aliphatic heterocycles. The van der Waals surface area contributed by atoms with E-state index in [1.807, 2.05) is 28.1 Å². The van der Waals surface area contributed by atoms with Crippen LogP contribution in [0.2, 0.25) is 10.0 Å². The van der Waals surface area contributed by atoms with Gasteiger partial charge in [-0.05, 0) is 62.2 Å². The molecule has 2 fully saturated rings. The van der Waals surface area contributed by atoms with E-state index in [4.69, 9.17) is 23.2 Å². The van der Waals surface area contributed by atoms with Crippen LogP contribution in [0.5, 0.6) is 0 Å². The highest BCUT2D eigenvalue weighted by atomic mass is 35.5. The normalized spacial score (nSPS) is 23.1. The summed E-state index contributed by atoms with van der Waals surface area (Å²) in [5, 5.41) is 16.6. The number of fused-ring (bicyclic) bond motifs is 1. The summed E-state index contributed by atoms with van der Waals surface area (Å²) in [5.74, 6) is 0.110. The van der Waals surface area contributed by atoms with Gasteiger partial charge in [-0.1, -0.05) is 29.3 Å². The number of hydrogen-bond acceptors (Lipinski definition) is 7. The maximum Gasteiger partial charge on any atom is 0.240 e. The molecule has 2 aromatic rings. The topological polar surface area (TPSA) is 83.1 Å². The van der Waals surface area contributed by atoms with Gasteiger partial charge in [0.2, 0.25) is 5.91 Å². The number of aliphatic hydroxyl groups excluding tert-OH is 1. The number of amides is 1. The lowest BCUT2D eigenvalue weighted by molar-refractivity contribution is -0.136. The third-order valence-electron chi connectivity index (χ3n) is 7.05. The molecule has 0 radical (unpaired) electrons. The summed E-state index contributed by atoms with van der Waals surface area (Å²) >= 11 is 12.6. The molecule has 2 saturated heterocycles. The number of hydrogen-bond donors (Lipinski definition) is 4. The summed E-state index contributed by atoms with van der Waals surface area (Å²) in [4.78, 5) is 17.1. The SMILES string of the molecule is C[C@H](c1ccc(Cl)cc1Cl)N1NNc2ccc(N3CCN(C(=O)[C@H]4CCCN4)[C@H](CO)C3)cc21. The number of rotatable bonds is 5. The van der Waals surface area contributed by atoms with Crippen LogP contribution in [0.25, 0.3) is 0 Å². The lowest BCUT2D eigenvalue weighted by Gasteiger charge is -2.42. The Bertz CT molecular complexity index is 1060. The van der Waals surface area contributed by atoms with Gasteiger partial charge in [0.15, 0.2) is 0 Å². The fourth-order valence-corrected chi connectivity index (χ4v) is 5.69. The van der Waals surface area contributed by atoms with Crippen LogP contribution in [-0.2, 0) is 4.79 Å². The molecule has 0 saturated carbocycles. The molecule has 34 heavy (non-hydrogen) atoms. The van der Waals surface area contributed by atoms with Crippen molar-refractivity contribution in [2.24, 2.45) is 0 Å². The maximum absolute atomic E-state index is 13.0. The molecule has 182 valence electrons. The number of anilines is 3. The van der Waals surface area contributed by atoms with Crippen LogP contribution in [0, 0.1) is 0 Å². The van der Waals surface area contributed by atoms with Crippen molar-refractivity contribution >= 4 is 46.2 Å². The number of piperazine rings is 1. The van der Waals surface area contributed by atoms with Gasteiger partial charge in [0, 0.05) is 35.4 Å². The minimum Gasteiger partial charge on any atom is -0.394 e. The third kappa shape index (κ3) is 4.41. The Balaban J connectivity index is 1.34. The second-order valence-electron chi connectivity index (χ2n) is 9.11. The number of carbonyl (C=O) groups is 1. The molecule has 3 heterocycles. The van der Waals surface area contributed by atoms with Crippen LogP contribution < -0.4 is 26.2 Å². The monoisotopic (exact) mass is 504 g/mol. The van der Waals surface area contributed by atoms with E-state index in [1.54, 1.807) is 6.07 Å². The molecule has 1 amide bonds. The molecule has 0 bridgehead atoms. The Morgan fingerprint density at radius 3 is 2.79 bits per heavy atom. The van der Waals surface area contributed by atoms with Gasteiger partial charge < -0.3 is 25.6 Å². The first-order valence-electron chi connectivity index (χ1n) is 11.8. The number of benzene rings is 2. The molecular formula is C24H30Cl2N6O2. The Kier molecular flexibility index (Phi) is 6.77. The summed E-state index contributed by atoms with van der Waals surface area (Å²) in [7, 11) is 0. The molecule has 3 atom stereocenters. The number of halogens is 2. The van der Waals surface area contributed by atoms with E-state index < -0.39 is 0 Å². The molecule has 8 nitrogen and oxygen atoms in total. The van der Waals surface area contributed by atoms with Crippen molar-refractivity contribution in [2.45, 2.75) is 37.9 Å². The summed E-state index contributed by atoms with van der Waals surface area (Å²) in [6, 6.07) is 11.4. The van der Waals surface area contributed by atoms with Gasteiger partial charge in [-0.15, -0.1) is 5.53 Å². The molecular weight excluding hydrogens is 475 g/mol. The van der Waals surface area contributed by atoms with Gasteiger partial charge >= 0.3 is 0 Å². The van der Waals surface area contributed by atoms with Gasteiger partial charge in [0.25, 0.3) is 0 Å². The lowest BCUT2D eigenvalue weighted by Crippen LogP contribution is -2.59. The molecule has 4 N–H and O–H groups in total. The van der Waals surface area contributed by atoms with E-state index in [-0.39, 0.29) is 30.6 Å². The summed E-state index contributed by atoms with van der Waals surface area (Å²) < 4.78 is 0. The largest absolute Gasteiger partial charge is 0.394 e. The quantitative estimate of drug-likeness (QED) is 0.497. The number of carbonyl (C=O) groups excluding carboxylic acids is 1. The molecule has 0 aromatic heterocycles. The first-order chi connectivity index (χ1) is 16.5. The number of hydrazine groups is 2. The van der Waals surface area contributed by atoms with E-state index in [0.29, 0.717) is 29.7 Å². The highest BCUT2D eigenvalue weighted by molar-refractivity contribution is 6.35. The first-order valence-corrected chi connectivity index (χ1v) is 12.5. The predicted molar refractivity (Wildman–Crippen MR) is 136 cm³/mol. The molecule has 0 spiro atoms. The van der Waals surface area contributed by atoms with Crippen molar-refractivity contribution in [1.29, 1.82) is 0 Å². The van der Waals surface area contributed by atoms with E-state index in [2.05, 4.69) is 40.2 Å². The van der Waals surface area contributed by atoms with E-state index in [0.717, 1.165) is 42.0 Å². The molecule has 2 aromatic carbocycles. The number of aliphatic hydroxyl groups is 1. The maximum atomic E-state index is 13.0. The van der Waals surface area contributed by atoms with E-state index in [1.165, 1.54) is 0 Å². The average molecular weight is 505 g/mol. The van der Waals surface area contributed by atoms with Crippen molar-refractivity contribution in [3.63, 3.8) is 0 Å². The van der Waals surface area contributed by atoms with Crippen LogP contribution in [0.15, 0.2) is 36.4 Å². The van der Waals surface area contributed by atoms with Crippen molar-refractivity contribution in [1.82, 2.24) is 15.8 Å². The number of nitrogens with one attached hydrogen (secondary N) is 3. The van der Waals surface area contributed by atoms with Crippen molar-refractivity contribution in [3.05, 3.63) is 52.0 Å². The van der Waals surface area contributed by atoms with E-state index in [9.17, 15) is 9.90 Å². The van der Waals surface area contributed by atoms with Crippen molar-refractivity contribution < 1.29 is 9.90 Å². The minimum atomic E-state index is -0.226. The minimum absolute atomic E-state index is 0.0488. The summed E-state index contributed by atoms with van der Waals surface area (Å²) in [5.41, 5.74) is 10.5. The zero-order valence-corrected chi connectivity index (χ0v) is 20.6. The predicted octanol–water partition coefficient (Wildman–Crippen LogP) is 3.17. The van der Waals surface area contributed by atoms with Crippen LogP contribution in [0.3, 0.4) is 0 Å². The van der Waals surface area contributed by atoms with Gasteiger partial charge in [0.1, 0.15) is 0 Å². The second-order valence-corrected chi connectivity index (χ2v) is 9.96. The Labute approximate surface area is 209 Å². The lowest BCUT2D eigenvalue weighted by atomic mass is 10.1. The molecule has 0 unspecified atom stereocenters. The Morgan fingerprint density at radius 2 is 2.06 bits per heavy atom. The molecule has 3 aliphatic rings. The van der Waals surface area contributed by atoms with Gasteiger partial charge in [0.05, 0.1) is 36.1 Å². The summed E-state index contributed by atoms with van der Waals surface area (Å²) in [6.45, 7) is 4.81. The molecule has 5 rings (SSSR count). The fraction of sp³-hybridized carbons (Fsp3) is 0.458. The average Bonchev–Trinajstić information content (AvgIpc) is 3.53. The highest BCUT2D eigenvalue weighted by Gasteiger charge is 2.35. The molecule has 0 aliphatic carbocycles. The Hall–Kier alpha value is -2.23. The zero-order valence-electron chi connectivity index (χ0n) is 19.1. The third-order valence-corrected chi connectivity index (χ3v) is 7.61. The highest BCUT2D eigenvalue weighted by Crippen LogP contribution is 2.40. The zero-order chi connectivity index (χ0) is 23.8. The van der Waals surface area contributed by atoms with Gasteiger partial charge in [-0.3, -0.25) is 9.80 Å². The van der Waals surface area contributed by atoms with Gasteiger partial charge in [-0.2, -0.15) is 0 Å². The Morgan fingerprint density at radius 1 is 1.21 bits per heavy atom. The summed E-state index contributed by atoms with van der Waals surface area (Å²) in [6.07, 6.45) is 1.89. The smallest absolute Gasteiger partial charge is 0.240 e. The van der Waals surface area contributed by atoms with Crippen molar-refractivity contribution in [2.75, 3.05) is 48.1 Å². The molecule has 10 heteroatoms. The number of nitrogens with zero attached hydrogens (tertiary/aromatic N) is 3. The van der Waals surface area contributed by atoms with Crippen LogP contribution in [0.4, 0.5) is 17.1 Å². The van der Waals surface area contributed by atoms with Crippen LogP contribution in [0.1, 0.15) is 31.4 Å².